The Kier molecular flexibility index (Phi) is 2.15. The zero-order valence-corrected chi connectivity index (χ0v) is 8.64. The third-order valence-corrected chi connectivity index (χ3v) is 3.86. The van der Waals surface area contributed by atoms with E-state index < -0.39 is 0 Å². The van der Waals surface area contributed by atoms with Gasteiger partial charge in [-0.25, -0.2) is 9.97 Å². The van der Waals surface area contributed by atoms with E-state index in [1.807, 2.05) is 17.8 Å². The smallest absolute Gasteiger partial charge is 0.222 e. The highest BCUT2D eigenvalue weighted by Gasteiger charge is 2.39. The van der Waals surface area contributed by atoms with Crippen molar-refractivity contribution in [2.24, 2.45) is 0 Å². The van der Waals surface area contributed by atoms with Crippen molar-refractivity contribution in [3.63, 3.8) is 0 Å². The molecule has 2 heterocycles. The van der Waals surface area contributed by atoms with E-state index in [4.69, 9.17) is 0 Å². The highest BCUT2D eigenvalue weighted by Crippen LogP contribution is 2.41. The van der Waals surface area contributed by atoms with Crippen LogP contribution in [0.3, 0.4) is 0 Å². The van der Waals surface area contributed by atoms with Crippen LogP contribution in [0.4, 0.5) is 5.95 Å². The van der Waals surface area contributed by atoms with E-state index in [-0.39, 0.29) is 0 Å². The maximum atomic E-state index is 4.13. The summed E-state index contributed by atoms with van der Waals surface area (Å²) in [4.78, 5) is 8.27. The lowest BCUT2D eigenvalue weighted by atomic mass is 10.0. The van der Waals surface area contributed by atoms with Crippen molar-refractivity contribution in [1.29, 1.82) is 0 Å². The summed E-state index contributed by atoms with van der Waals surface area (Å²) >= 11 is 1.97. The Morgan fingerprint density at radius 2 is 2.15 bits per heavy atom. The highest BCUT2D eigenvalue weighted by molar-refractivity contribution is 8.02. The summed E-state index contributed by atoms with van der Waals surface area (Å²) in [5, 5.41) is 3.33. The number of hydrogen-bond acceptors (Lipinski definition) is 4. The van der Waals surface area contributed by atoms with Gasteiger partial charge in [0.15, 0.2) is 0 Å². The van der Waals surface area contributed by atoms with Gasteiger partial charge in [0.2, 0.25) is 5.95 Å². The number of hydrogen-bond donors (Lipinski definition) is 1. The van der Waals surface area contributed by atoms with Gasteiger partial charge < -0.3 is 5.32 Å². The second-order valence-electron chi connectivity index (χ2n) is 3.68. The van der Waals surface area contributed by atoms with Gasteiger partial charge in [-0.3, -0.25) is 0 Å². The van der Waals surface area contributed by atoms with Crippen LogP contribution in [0.5, 0.6) is 0 Å². The molecule has 0 amide bonds. The fraction of sp³-hybridized carbons (Fsp3) is 0.556. The third-order valence-electron chi connectivity index (χ3n) is 2.33. The SMILES string of the molecule is CC1(C)SCC1Nc1ncccn1. The average molecular weight is 195 g/mol. The lowest BCUT2D eigenvalue weighted by molar-refractivity contribution is 0.572. The van der Waals surface area contributed by atoms with Gasteiger partial charge in [-0.05, 0) is 19.9 Å². The molecular formula is C9H13N3S. The zero-order valence-electron chi connectivity index (χ0n) is 7.82. The molecule has 0 aliphatic carbocycles. The average Bonchev–Trinajstić information content (AvgIpc) is 2.15. The van der Waals surface area contributed by atoms with E-state index >= 15 is 0 Å². The van der Waals surface area contributed by atoms with Crippen LogP contribution in [0.1, 0.15) is 13.8 Å². The molecule has 3 nitrogen and oxygen atoms in total. The Morgan fingerprint density at radius 1 is 1.46 bits per heavy atom. The van der Waals surface area contributed by atoms with Gasteiger partial charge in [0, 0.05) is 22.9 Å². The minimum absolute atomic E-state index is 0.319. The van der Waals surface area contributed by atoms with E-state index in [0.717, 1.165) is 11.7 Å². The van der Waals surface area contributed by atoms with Gasteiger partial charge in [0.25, 0.3) is 0 Å². The first-order valence-electron chi connectivity index (χ1n) is 4.36. The summed E-state index contributed by atoms with van der Waals surface area (Å²) in [5.74, 6) is 1.88. The molecule has 0 aromatic carbocycles. The van der Waals surface area contributed by atoms with Crippen LogP contribution in [0, 0.1) is 0 Å². The summed E-state index contributed by atoms with van der Waals surface area (Å²) in [6.07, 6.45) is 3.52. The Morgan fingerprint density at radius 3 is 2.62 bits per heavy atom. The zero-order chi connectivity index (χ0) is 9.31. The van der Waals surface area contributed by atoms with Crippen LogP contribution in [0.25, 0.3) is 0 Å². The Bertz CT molecular complexity index is 286. The minimum atomic E-state index is 0.319. The minimum Gasteiger partial charge on any atom is -0.349 e. The molecule has 4 heteroatoms. The standard InChI is InChI=1S/C9H13N3S/c1-9(2)7(6-13-9)12-8-10-4-3-5-11-8/h3-5,7H,6H2,1-2H3,(H,10,11,12). The van der Waals surface area contributed by atoms with E-state index in [2.05, 4.69) is 29.1 Å². The molecule has 0 saturated carbocycles. The maximum absolute atomic E-state index is 4.13. The molecule has 0 radical (unpaired) electrons. The van der Waals surface area contributed by atoms with Crippen molar-refractivity contribution < 1.29 is 0 Å². The molecule has 1 unspecified atom stereocenters. The van der Waals surface area contributed by atoms with E-state index in [1.54, 1.807) is 12.4 Å². The molecule has 70 valence electrons. The molecule has 0 bridgehead atoms. The predicted octanol–water partition coefficient (Wildman–Crippen LogP) is 1.78. The lowest BCUT2D eigenvalue weighted by Crippen LogP contribution is -2.50. The van der Waals surface area contributed by atoms with Crippen molar-refractivity contribution in [2.45, 2.75) is 24.6 Å². The molecule has 1 aromatic heterocycles. The first-order chi connectivity index (χ1) is 6.18. The van der Waals surface area contributed by atoms with Crippen molar-refractivity contribution in [3.05, 3.63) is 18.5 Å². The number of thioether (sulfide) groups is 1. The molecule has 1 atom stereocenters. The second-order valence-corrected chi connectivity index (χ2v) is 5.36. The van der Waals surface area contributed by atoms with E-state index in [1.165, 1.54) is 0 Å². The Hall–Kier alpha value is -0.770. The third kappa shape index (κ3) is 1.77. The normalized spacial score (nSPS) is 24.9. The lowest BCUT2D eigenvalue weighted by Gasteiger charge is -2.43. The number of nitrogens with zero attached hydrogens (tertiary/aromatic N) is 2. The number of aromatic nitrogens is 2. The second kappa shape index (κ2) is 3.18. The molecule has 1 fully saturated rings. The molecule has 1 aliphatic heterocycles. The summed E-state index contributed by atoms with van der Waals surface area (Å²) in [6, 6.07) is 2.33. The van der Waals surface area contributed by atoms with Gasteiger partial charge in [0.05, 0.1) is 6.04 Å². The summed E-state index contributed by atoms with van der Waals surface area (Å²) in [7, 11) is 0. The molecule has 1 aliphatic rings. The van der Waals surface area contributed by atoms with E-state index in [9.17, 15) is 0 Å². The quantitative estimate of drug-likeness (QED) is 0.780. The topological polar surface area (TPSA) is 37.8 Å². The molecule has 0 spiro atoms. The van der Waals surface area contributed by atoms with Crippen LogP contribution >= 0.6 is 11.8 Å². The highest BCUT2D eigenvalue weighted by atomic mass is 32.2. The van der Waals surface area contributed by atoms with Crippen molar-refractivity contribution in [3.8, 4) is 0 Å². The largest absolute Gasteiger partial charge is 0.349 e. The number of nitrogens with one attached hydrogen (secondary N) is 1. The van der Waals surface area contributed by atoms with Gasteiger partial charge >= 0.3 is 0 Å². The fourth-order valence-electron chi connectivity index (χ4n) is 1.24. The van der Waals surface area contributed by atoms with Crippen LogP contribution in [0.15, 0.2) is 18.5 Å². The summed E-state index contributed by atoms with van der Waals surface area (Å²) in [6.45, 7) is 4.48. The van der Waals surface area contributed by atoms with Crippen LogP contribution < -0.4 is 5.32 Å². The molecule has 1 aromatic rings. The van der Waals surface area contributed by atoms with Crippen molar-refractivity contribution >= 4 is 17.7 Å². The van der Waals surface area contributed by atoms with Gasteiger partial charge in [-0.1, -0.05) is 0 Å². The van der Waals surface area contributed by atoms with Crippen molar-refractivity contribution in [1.82, 2.24) is 9.97 Å². The number of anilines is 1. The van der Waals surface area contributed by atoms with Gasteiger partial charge in [-0.2, -0.15) is 11.8 Å². The molecule has 2 rings (SSSR count). The first-order valence-corrected chi connectivity index (χ1v) is 5.34. The molecule has 13 heavy (non-hydrogen) atoms. The van der Waals surface area contributed by atoms with Crippen LogP contribution in [-0.2, 0) is 0 Å². The number of rotatable bonds is 2. The van der Waals surface area contributed by atoms with Crippen LogP contribution in [0.2, 0.25) is 0 Å². The van der Waals surface area contributed by atoms with E-state index in [0.29, 0.717) is 10.8 Å². The summed E-state index contributed by atoms with van der Waals surface area (Å²) in [5.41, 5.74) is 0. The Labute approximate surface area is 82.4 Å². The van der Waals surface area contributed by atoms with Crippen molar-refractivity contribution in [2.75, 3.05) is 11.1 Å². The van der Waals surface area contributed by atoms with Gasteiger partial charge in [0.1, 0.15) is 0 Å². The Balaban J connectivity index is 2.00. The van der Waals surface area contributed by atoms with Crippen LogP contribution in [-0.4, -0.2) is 26.5 Å². The first kappa shape index (κ1) is 8.81. The molecule has 1 saturated heterocycles. The molecular weight excluding hydrogens is 182 g/mol. The maximum Gasteiger partial charge on any atom is 0.222 e. The predicted molar refractivity (Wildman–Crippen MR) is 56.0 cm³/mol. The molecule has 1 N–H and O–H groups in total. The fourth-order valence-corrected chi connectivity index (χ4v) is 2.39. The monoisotopic (exact) mass is 195 g/mol. The summed E-state index contributed by atoms with van der Waals surface area (Å²) < 4.78 is 0.319. The van der Waals surface area contributed by atoms with Gasteiger partial charge in [-0.15, -0.1) is 0 Å².